The minimum absolute atomic E-state index is 0.326. The van der Waals surface area contributed by atoms with Crippen LogP contribution in [0.4, 0.5) is 5.69 Å². The van der Waals surface area contributed by atoms with Crippen molar-refractivity contribution in [3.8, 4) is 0 Å². The molecule has 0 aliphatic heterocycles. The number of esters is 1. The molecule has 5 heteroatoms. The van der Waals surface area contributed by atoms with Crippen LogP contribution in [-0.4, -0.2) is 18.5 Å². The first-order valence-corrected chi connectivity index (χ1v) is 8.42. The van der Waals surface area contributed by atoms with Gasteiger partial charge in [0.25, 0.3) is 5.91 Å². The minimum Gasteiger partial charge on any atom is -0.452 e. The molecular weight excluding hydrogens is 417 g/mol. The maximum atomic E-state index is 12.1. The summed E-state index contributed by atoms with van der Waals surface area (Å²) in [6, 6.07) is 20.5. The van der Waals surface area contributed by atoms with Gasteiger partial charge in [-0.05, 0) is 46.2 Å². The summed E-state index contributed by atoms with van der Waals surface area (Å²) >= 11 is 2.06. The molecule has 1 N–H and O–H groups in total. The van der Waals surface area contributed by atoms with Gasteiger partial charge in [0.05, 0.1) is 5.56 Å². The van der Waals surface area contributed by atoms with Crippen LogP contribution in [-0.2, 0) is 9.53 Å². The molecule has 3 rings (SSSR count). The van der Waals surface area contributed by atoms with E-state index in [1.54, 1.807) is 12.1 Å². The second-order valence-electron chi connectivity index (χ2n) is 5.13. The van der Waals surface area contributed by atoms with Crippen LogP contribution in [0.3, 0.4) is 0 Å². The molecule has 4 nitrogen and oxygen atoms in total. The largest absolute Gasteiger partial charge is 0.452 e. The Morgan fingerprint density at radius 1 is 0.917 bits per heavy atom. The fraction of sp³-hybridized carbons (Fsp3) is 0.0526. The summed E-state index contributed by atoms with van der Waals surface area (Å²) in [5.74, 6) is -0.876. The lowest BCUT2D eigenvalue weighted by Gasteiger charge is -2.09. The lowest BCUT2D eigenvalue weighted by Crippen LogP contribution is -2.21. The van der Waals surface area contributed by atoms with Crippen molar-refractivity contribution in [1.82, 2.24) is 0 Å². The van der Waals surface area contributed by atoms with Crippen LogP contribution in [0.15, 0.2) is 66.7 Å². The normalized spacial score (nSPS) is 10.4. The molecule has 0 unspecified atom stereocenters. The fourth-order valence-corrected chi connectivity index (χ4v) is 2.96. The van der Waals surface area contributed by atoms with Crippen molar-refractivity contribution in [2.45, 2.75) is 0 Å². The summed E-state index contributed by atoms with van der Waals surface area (Å²) in [4.78, 5) is 24.1. The molecule has 3 aromatic rings. The van der Waals surface area contributed by atoms with Crippen LogP contribution in [0.25, 0.3) is 10.8 Å². The van der Waals surface area contributed by atoms with Crippen LogP contribution < -0.4 is 5.32 Å². The molecule has 0 aliphatic carbocycles. The van der Waals surface area contributed by atoms with Gasteiger partial charge in [-0.2, -0.15) is 0 Å². The summed E-state index contributed by atoms with van der Waals surface area (Å²) in [6.07, 6.45) is 0. The van der Waals surface area contributed by atoms with E-state index in [1.165, 1.54) is 0 Å². The Bertz CT molecular complexity index is 903. The number of amides is 1. The zero-order valence-electron chi connectivity index (χ0n) is 12.7. The van der Waals surface area contributed by atoms with Gasteiger partial charge in [-0.25, -0.2) is 4.79 Å². The topological polar surface area (TPSA) is 55.4 Å². The van der Waals surface area contributed by atoms with E-state index in [1.807, 2.05) is 54.6 Å². The third-order valence-electron chi connectivity index (χ3n) is 3.49. The molecule has 0 aliphatic rings. The summed E-state index contributed by atoms with van der Waals surface area (Å²) in [6.45, 7) is -0.326. The van der Waals surface area contributed by atoms with Gasteiger partial charge in [-0.15, -0.1) is 0 Å². The highest BCUT2D eigenvalue weighted by atomic mass is 127. The van der Waals surface area contributed by atoms with E-state index in [2.05, 4.69) is 27.9 Å². The van der Waals surface area contributed by atoms with Gasteiger partial charge in [0.15, 0.2) is 6.61 Å². The second-order valence-corrected chi connectivity index (χ2v) is 6.29. The Morgan fingerprint density at radius 2 is 1.62 bits per heavy atom. The van der Waals surface area contributed by atoms with Gasteiger partial charge in [0.1, 0.15) is 0 Å². The molecule has 0 saturated carbocycles. The molecule has 0 atom stereocenters. The molecule has 0 bridgehead atoms. The van der Waals surface area contributed by atoms with Crippen molar-refractivity contribution in [3.63, 3.8) is 0 Å². The van der Waals surface area contributed by atoms with E-state index in [-0.39, 0.29) is 12.5 Å². The van der Waals surface area contributed by atoms with E-state index in [0.717, 1.165) is 14.3 Å². The average Bonchev–Trinajstić information content (AvgIpc) is 2.60. The maximum Gasteiger partial charge on any atom is 0.339 e. The minimum atomic E-state index is -0.506. The Kier molecular flexibility index (Phi) is 5.10. The van der Waals surface area contributed by atoms with E-state index in [0.29, 0.717) is 11.3 Å². The number of rotatable bonds is 4. The molecule has 0 saturated heterocycles. The monoisotopic (exact) mass is 431 g/mol. The van der Waals surface area contributed by atoms with Crippen molar-refractivity contribution < 1.29 is 14.3 Å². The molecule has 3 aromatic carbocycles. The zero-order valence-corrected chi connectivity index (χ0v) is 14.8. The molecule has 1 amide bonds. The number of ether oxygens (including phenoxy) is 1. The van der Waals surface area contributed by atoms with Crippen molar-refractivity contribution >= 4 is 50.9 Å². The van der Waals surface area contributed by atoms with Crippen LogP contribution in [0.5, 0.6) is 0 Å². The number of benzene rings is 3. The van der Waals surface area contributed by atoms with Crippen LogP contribution in [0.1, 0.15) is 10.4 Å². The van der Waals surface area contributed by atoms with E-state index in [4.69, 9.17) is 4.74 Å². The van der Waals surface area contributed by atoms with Crippen LogP contribution in [0, 0.1) is 3.57 Å². The average molecular weight is 431 g/mol. The molecule has 0 radical (unpaired) electrons. The van der Waals surface area contributed by atoms with Crippen molar-refractivity contribution in [2.75, 3.05) is 11.9 Å². The third kappa shape index (κ3) is 3.73. The Hall–Kier alpha value is -2.41. The number of anilines is 1. The number of halogens is 1. The molecule has 24 heavy (non-hydrogen) atoms. The lowest BCUT2D eigenvalue weighted by molar-refractivity contribution is -0.119. The summed E-state index contributed by atoms with van der Waals surface area (Å²) < 4.78 is 5.89. The van der Waals surface area contributed by atoms with Crippen molar-refractivity contribution in [3.05, 3.63) is 75.9 Å². The van der Waals surface area contributed by atoms with E-state index in [9.17, 15) is 9.59 Å². The highest BCUT2D eigenvalue weighted by Crippen LogP contribution is 2.22. The number of hydrogen-bond donors (Lipinski definition) is 1. The maximum absolute atomic E-state index is 12.1. The van der Waals surface area contributed by atoms with Gasteiger partial charge in [-0.3, -0.25) is 4.79 Å². The molecule has 0 aromatic heterocycles. The lowest BCUT2D eigenvalue weighted by atomic mass is 10.1. The number of carbonyl (C=O) groups is 2. The number of fused-ring (bicyclic) bond motifs is 1. The smallest absolute Gasteiger partial charge is 0.339 e. The standard InChI is InChI=1S/C19H14INO3/c20-16-10-4-3-9-15(16)19(23)24-12-18(22)21-17-11-5-7-13-6-1-2-8-14(13)17/h1-11H,12H2,(H,21,22). The third-order valence-corrected chi connectivity index (χ3v) is 4.43. The quantitative estimate of drug-likeness (QED) is 0.497. The second kappa shape index (κ2) is 7.44. The first-order valence-electron chi connectivity index (χ1n) is 7.34. The summed E-state index contributed by atoms with van der Waals surface area (Å²) in [5, 5.41) is 4.76. The van der Waals surface area contributed by atoms with Gasteiger partial charge >= 0.3 is 5.97 Å². The van der Waals surface area contributed by atoms with Gasteiger partial charge in [0, 0.05) is 14.6 Å². The van der Waals surface area contributed by atoms with Gasteiger partial charge in [0.2, 0.25) is 0 Å². The predicted molar refractivity (Wildman–Crippen MR) is 102 cm³/mol. The summed E-state index contributed by atoms with van der Waals surface area (Å²) in [7, 11) is 0. The zero-order chi connectivity index (χ0) is 16.9. The number of hydrogen-bond acceptors (Lipinski definition) is 3. The van der Waals surface area contributed by atoms with Crippen molar-refractivity contribution in [2.24, 2.45) is 0 Å². The fourth-order valence-electron chi connectivity index (χ4n) is 2.36. The van der Waals surface area contributed by atoms with E-state index >= 15 is 0 Å². The highest BCUT2D eigenvalue weighted by Gasteiger charge is 2.13. The molecule has 0 fully saturated rings. The SMILES string of the molecule is O=C(COC(=O)c1ccccc1I)Nc1cccc2ccccc12. The Labute approximate surface area is 153 Å². The predicted octanol–water partition coefficient (Wildman–Crippen LogP) is 4.24. The Balaban J connectivity index is 1.66. The first-order chi connectivity index (χ1) is 11.6. The first kappa shape index (κ1) is 16.4. The van der Waals surface area contributed by atoms with E-state index < -0.39 is 5.97 Å². The number of nitrogens with one attached hydrogen (secondary N) is 1. The van der Waals surface area contributed by atoms with Gasteiger partial charge < -0.3 is 10.1 Å². The Morgan fingerprint density at radius 3 is 2.46 bits per heavy atom. The van der Waals surface area contributed by atoms with Gasteiger partial charge in [-0.1, -0.05) is 48.5 Å². The van der Waals surface area contributed by atoms with Crippen LogP contribution >= 0.6 is 22.6 Å². The molecular formula is C19H14INO3. The summed E-state index contributed by atoms with van der Waals surface area (Å²) in [5.41, 5.74) is 1.15. The highest BCUT2D eigenvalue weighted by molar-refractivity contribution is 14.1. The number of carbonyl (C=O) groups excluding carboxylic acids is 2. The molecule has 0 spiro atoms. The van der Waals surface area contributed by atoms with Crippen molar-refractivity contribution in [1.29, 1.82) is 0 Å². The molecule has 120 valence electrons. The molecule has 0 heterocycles. The van der Waals surface area contributed by atoms with Crippen LogP contribution in [0.2, 0.25) is 0 Å².